The number of carbonyl (C=O) groups excluding carboxylic acids is 1. The molecular weight excluding hydrogens is 266 g/mol. The van der Waals surface area contributed by atoms with Gasteiger partial charge < -0.3 is 9.32 Å². The summed E-state index contributed by atoms with van der Waals surface area (Å²) in [5, 5.41) is 9.22. The molecule has 1 aromatic rings. The molecule has 1 aromatic heterocycles. The Labute approximate surface area is 126 Å². The lowest BCUT2D eigenvalue weighted by Gasteiger charge is -2.36. The maximum absolute atomic E-state index is 12.5. The second kappa shape index (κ2) is 7.28. The summed E-state index contributed by atoms with van der Waals surface area (Å²) in [6.07, 6.45) is 4.20. The highest BCUT2D eigenvalue weighted by Crippen LogP contribution is 2.17. The SMILES string of the molecule is CCCC(C#N)N1CCN(C(=O)c2ccoc2CC)CC1. The molecule has 1 atom stereocenters. The van der Waals surface area contributed by atoms with Crippen LogP contribution in [0, 0.1) is 11.3 Å². The van der Waals surface area contributed by atoms with E-state index >= 15 is 0 Å². The Morgan fingerprint density at radius 2 is 2.10 bits per heavy atom. The van der Waals surface area contributed by atoms with Crippen molar-refractivity contribution in [2.24, 2.45) is 0 Å². The van der Waals surface area contributed by atoms with Gasteiger partial charge in [0, 0.05) is 32.6 Å². The van der Waals surface area contributed by atoms with Crippen LogP contribution in [0.4, 0.5) is 0 Å². The highest BCUT2D eigenvalue weighted by Gasteiger charge is 2.27. The number of carbonyl (C=O) groups is 1. The Kier molecular flexibility index (Phi) is 5.40. The molecule has 1 unspecified atom stereocenters. The van der Waals surface area contributed by atoms with Crippen molar-refractivity contribution < 1.29 is 9.21 Å². The number of rotatable bonds is 5. The van der Waals surface area contributed by atoms with Crippen LogP contribution in [0.2, 0.25) is 0 Å². The van der Waals surface area contributed by atoms with Crippen LogP contribution < -0.4 is 0 Å². The Hall–Kier alpha value is -1.80. The maximum Gasteiger partial charge on any atom is 0.257 e. The lowest BCUT2D eigenvalue weighted by molar-refractivity contribution is 0.0599. The fraction of sp³-hybridized carbons (Fsp3) is 0.625. The quantitative estimate of drug-likeness (QED) is 0.834. The summed E-state index contributed by atoms with van der Waals surface area (Å²) in [6.45, 7) is 6.96. The average Bonchev–Trinajstić information content (AvgIpc) is 3.00. The van der Waals surface area contributed by atoms with Crippen LogP contribution in [-0.2, 0) is 6.42 Å². The van der Waals surface area contributed by atoms with E-state index in [1.54, 1.807) is 12.3 Å². The Morgan fingerprint density at radius 3 is 2.67 bits per heavy atom. The molecule has 114 valence electrons. The summed E-state index contributed by atoms with van der Waals surface area (Å²) in [5.41, 5.74) is 0.677. The van der Waals surface area contributed by atoms with E-state index in [-0.39, 0.29) is 11.9 Å². The van der Waals surface area contributed by atoms with Crippen molar-refractivity contribution in [1.29, 1.82) is 5.26 Å². The molecule has 0 N–H and O–H groups in total. The second-order valence-corrected chi connectivity index (χ2v) is 5.37. The van der Waals surface area contributed by atoms with E-state index in [0.29, 0.717) is 18.7 Å². The van der Waals surface area contributed by atoms with Crippen LogP contribution in [-0.4, -0.2) is 47.9 Å². The summed E-state index contributed by atoms with van der Waals surface area (Å²) in [6, 6.07) is 4.10. The van der Waals surface area contributed by atoms with Crippen LogP contribution >= 0.6 is 0 Å². The monoisotopic (exact) mass is 289 g/mol. The van der Waals surface area contributed by atoms with Gasteiger partial charge >= 0.3 is 0 Å². The topological polar surface area (TPSA) is 60.5 Å². The predicted molar refractivity (Wildman–Crippen MR) is 79.9 cm³/mol. The molecule has 0 aliphatic carbocycles. The van der Waals surface area contributed by atoms with Crippen molar-refractivity contribution in [2.45, 2.75) is 39.2 Å². The fourth-order valence-electron chi connectivity index (χ4n) is 2.81. The molecule has 1 aliphatic heterocycles. The highest BCUT2D eigenvalue weighted by molar-refractivity contribution is 5.95. The first-order valence-corrected chi connectivity index (χ1v) is 7.70. The van der Waals surface area contributed by atoms with E-state index in [2.05, 4.69) is 17.9 Å². The largest absolute Gasteiger partial charge is 0.469 e. The van der Waals surface area contributed by atoms with E-state index in [4.69, 9.17) is 4.42 Å². The average molecular weight is 289 g/mol. The zero-order chi connectivity index (χ0) is 15.2. The van der Waals surface area contributed by atoms with Crippen molar-refractivity contribution in [3.8, 4) is 6.07 Å². The van der Waals surface area contributed by atoms with Gasteiger partial charge in [-0.2, -0.15) is 5.26 Å². The molecule has 1 amide bonds. The minimum absolute atomic E-state index is 0.0209. The molecule has 2 rings (SSSR count). The second-order valence-electron chi connectivity index (χ2n) is 5.37. The van der Waals surface area contributed by atoms with Crippen LogP contribution in [0.25, 0.3) is 0 Å². The Morgan fingerprint density at radius 1 is 1.38 bits per heavy atom. The molecule has 5 nitrogen and oxygen atoms in total. The summed E-state index contributed by atoms with van der Waals surface area (Å²) >= 11 is 0. The maximum atomic E-state index is 12.5. The number of aryl methyl sites for hydroxylation is 1. The molecule has 0 spiro atoms. The molecule has 0 aromatic carbocycles. The van der Waals surface area contributed by atoms with Gasteiger partial charge in [0.25, 0.3) is 5.91 Å². The summed E-state index contributed by atoms with van der Waals surface area (Å²) in [7, 11) is 0. The zero-order valence-electron chi connectivity index (χ0n) is 12.8. The van der Waals surface area contributed by atoms with Gasteiger partial charge in [-0.1, -0.05) is 20.3 Å². The van der Waals surface area contributed by atoms with Crippen molar-refractivity contribution >= 4 is 5.91 Å². The standard InChI is InChI=1S/C16H23N3O2/c1-3-5-13(12-17)18-7-9-19(10-8-18)16(20)14-6-11-21-15(14)4-2/h6,11,13H,3-5,7-10H2,1-2H3. The third kappa shape index (κ3) is 3.45. The van der Waals surface area contributed by atoms with E-state index in [1.807, 2.05) is 11.8 Å². The van der Waals surface area contributed by atoms with Gasteiger partial charge in [0.2, 0.25) is 0 Å². The van der Waals surface area contributed by atoms with Gasteiger partial charge in [0.05, 0.1) is 23.9 Å². The van der Waals surface area contributed by atoms with Crippen LogP contribution in [0.3, 0.4) is 0 Å². The first-order valence-electron chi connectivity index (χ1n) is 7.70. The van der Waals surface area contributed by atoms with E-state index < -0.39 is 0 Å². The minimum Gasteiger partial charge on any atom is -0.469 e. The summed E-state index contributed by atoms with van der Waals surface area (Å²) in [5.74, 6) is 0.799. The molecular formula is C16H23N3O2. The lowest BCUT2D eigenvalue weighted by atomic mass is 10.1. The van der Waals surface area contributed by atoms with Crippen LogP contribution in [0.1, 0.15) is 42.8 Å². The van der Waals surface area contributed by atoms with Crippen LogP contribution in [0.15, 0.2) is 16.7 Å². The van der Waals surface area contributed by atoms with Crippen molar-refractivity contribution in [2.75, 3.05) is 26.2 Å². The smallest absolute Gasteiger partial charge is 0.257 e. The zero-order valence-corrected chi connectivity index (χ0v) is 12.8. The normalized spacial score (nSPS) is 17.5. The summed E-state index contributed by atoms with van der Waals surface area (Å²) < 4.78 is 5.33. The van der Waals surface area contributed by atoms with Crippen LogP contribution in [0.5, 0.6) is 0 Å². The number of hydrogen-bond acceptors (Lipinski definition) is 4. The van der Waals surface area contributed by atoms with E-state index in [0.717, 1.165) is 38.1 Å². The predicted octanol–water partition coefficient (Wildman–Crippen LogP) is 2.29. The third-order valence-corrected chi connectivity index (χ3v) is 4.05. The van der Waals surface area contributed by atoms with Crippen molar-refractivity contribution in [1.82, 2.24) is 9.80 Å². The molecule has 0 radical (unpaired) electrons. The van der Waals surface area contributed by atoms with E-state index in [1.165, 1.54) is 0 Å². The third-order valence-electron chi connectivity index (χ3n) is 4.05. The number of nitriles is 1. The molecule has 21 heavy (non-hydrogen) atoms. The number of furan rings is 1. The first-order chi connectivity index (χ1) is 10.2. The van der Waals surface area contributed by atoms with Gasteiger partial charge in [-0.25, -0.2) is 0 Å². The Balaban J connectivity index is 1.95. The highest BCUT2D eigenvalue weighted by atomic mass is 16.3. The van der Waals surface area contributed by atoms with Gasteiger partial charge in [-0.05, 0) is 12.5 Å². The van der Waals surface area contributed by atoms with Gasteiger partial charge in [-0.3, -0.25) is 9.69 Å². The molecule has 1 saturated heterocycles. The lowest BCUT2D eigenvalue weighted by Crippen LogP contribution is -2.51. The van der Waals surface area contributed by atoms with Gasteiger partial charge in [0.1, 0.15) is 5.76 Å². The number of nitrogens with zero attached hydrogens (tertiary/aromatic N) is 3. The molecule has 0 bridgehead atoms. The molecule has 2 heterocycles. The van der Waals surface area contributed by atoms with Crippen molar-refractivity contribution in [3.05, 3.63) is 23.7 Å². The minimum atomic E-state index is -0.0209. The molecule has 5 heteroatoms. The Bertz CT molecular complexity index is 510. The number of amides is 1. The summed E-state index contributed by atoms with van der Waals surface area (Å²) in [4.78, 5) is 16.5. The van der Waals surface area contributed by atoms with Crippen molar-refractivity contribution in [3.63, 3.8) is 0 Å². The fourth-order valence-corrected chi connectivity index (χ4v) is 2.81. The number of hydrogen-bond donors (Lipinski definition) is 0. The molecule has 0 saturated carbocycles. The molecule has 1 aliphatic rings. The van der Waals surface area contributed by atoms with E-state index in [9.17, 15) is 10.1 Å². The first kappa shape index (κ1) is 15.6. The number of piperazine rings is 1. The van der Waals surface area contributed by atoms with Gasteiger partial charge in [0.15, 0.2) is 0 Å². The molecule has 1 fully saturated rings. The van der Waals surface area contributed by atoms with Gasteiger partial charge in [-0.15, -0.1) is 0 Å².